The van der Waals surface area contributed by atoms with Gasteiger partial charge in [-0.1, -0.05) is 29.8 Å². The Morgan fingerprint density at radius 1 is 1.00 bits per heavy atom. The maximum atomic E-state index is 13.9. The van der Waals surface area contributed by atoms with Crippen molar-refractivity contribution in [1.29, 1.82) is 0 Å². The second-order valence-corrected chi connectivity index (χ2v) is 7.43. The van der Waals surface area contributed by atoms with Crippen molar-refractivity contribution in [2.45, 2.75) is 13.5 Å². The molecule has 0 bridgehead atoms. The van der Waals surface area contributed by atoms with Gasteiger partial charge in [0.05, 0.1) is 12.1 Å². The fraction of sp³-hybridized carbons (Fsp3) is 0.0870. The first-order chi connectivity index (χ1) is 14.9. The van der Waals surface area contributed by atoms with E-state index in [1.807, 2.05) is 31.2 Å². The highest BCUT2D eigenvalue weighted by Crippen LogP contribution is 2.39. The summed E-state index contributed by atoms with van der Waals surface area (Å²) in [5.41, 5.74) is 3.29. The van der Waals surface area contributed by atoms with Gasteiger partial charge in [0.2, 0.25) is 11.0 Å². The monoisotopic (exact) mass is 436 g/mol. The average molecular weight is 436 g/mol. The minimum absolute atomic E-state index is 0.0964. The predicted octanol–water partition coefficient (Wildman–Crippen LogP) is 6.46. The van der Waals surface area contributed by atoms with Crippen molar-refractivity contribution < 1.29 is 13.9 Å². The van der Waals surface area contributed by atoms with Gasteiger partial charge in [-0.25, -0.2) is 8.78 Å². The predicted molar refractivity (Wildman–Crippen MR) is 121 cm³/mol. The second-order valence-electron chi connectivity index (χ2n) is 7.04. The number of anilines is 1. The maximum absolute atomic E-state index is 13.9. The van der Waals surface area contributed by atoms with Crippen LogP contribution in [-0.2, 0) is 6.54 Å². The Hall–Kier alpha value is -3.65. The summed E-state index contributed by atoms with van der Waals surface area (Å²) in [7, 11) is 0. The first-order valence-electron chi connectivity index (χ1n) is 9.45. The zero-order valence-corrected chi connectivity index (χ0v) is 17.3. The smallest absolute Gasteiger partial charge is 0.221 e. The molecule has 1 aromatic heterocycles. The lowest BCUT2D eigenvalue weighted by atomic mass is 10.2. The summed E-state index contributed by atoms with van der Waals surface area (Å²) in [5.74, 6) is -1.01. The number of benzene rings is 3. The maximum Gasteiger partial charge on any atom is 0.221 e. The van der Waals surface area contributed by atoms with Gasteiger partial charge in [-0.05, 0) is 67.2 Å². The number of nitrogens with zero attached hydrogens (tertiary/aromatic N) is 3. The van der Waals surface area contributed by atoms with Gasteiger partial charge in [-0.3, -0.25) is 0 Å². The van der Waals surface area contributed by atoms with Crippen molar-refractivity contribution in [3.8, 4) is 5.88 Å². The molecule has 0 amide bonds. The first-order valence-corrected chi connectivity index (χ1v) is 9.86. The van der Waals surface area contributed by atoms with Crippen molar-refractivity contribution in [1.82, 2.24) is 4.57 Å². The summed E-state index contributed by atoms with van der Waals surface area (Å²) in [4.78, 5) is 0. The van der Waals surface area contributed by atoms with Gasteiger partial charge in [0.25, 0.3) is 0 Å². The average Bonchev–Trinajstić information content (AvgIpc) is 3.00. The summed E-state index contributed by atoms with van der Waals surface area (Å²) in [5, 5.41) is 22.3. The molecular formula is C23H18F2N4OS. The van der Waals surface area contributed by atoms with Crippen LogP contribution in [0, 0.1) is 18.6 Å². The van der Waals surface area contributed by atoms with Gasteiger partial charge < -0.3 is 15.0 Å². The fourth-order valence-electron chi connectivity index (χ4n) is 3.21. The van der Waals surface area contributed by atoms with Crippen LogP contribution in [0.5, 0.6) is 5.88 Å². The third-order valence-corrected chi connectivity index (χ3v) is 4.95. The Balaban J connectivity index is 1.66. The molecule has 8 heteroatoms. The molecule has 3 aromatic carbocycles. The zero-order valence-electron chi connectivity index (χ0n) is 16.5. The van der Waals surface area contributed by atoms with Crippen LogP contribution in [0.2, 0.25) is 0 Å². The van der Waals surface area contributed by atoms with E-state index < -0.39 is 5.82 Å². The summed E-state index contributed by atoms with van der Waals surface area (Å²) in [6.45, 7) is 2.22. The van der Waals surface area contributed by atoms with Gasteiger partial charge in [-0.15, -0.1) is 10.2 Å². The number of aryl methyl sites for hydroxylation is 1. The SMILES string of the molecule is Cc1ccc(NC(=S)N=Nc2c(O)n(Cc3ccc(F)cc3)c3ccc(F)cc23)cc1. The molecule has 31 heavy (non-hydrogen) atoms. The standard InChI is InChI=1S/C23H18F2N4OS/c1-14-2-9-18(10-3-14)26-23(31)28-27-21-19-12-17(25)8-11-20(19)29(22(21)30)13-15-4-6-16(24)7-5-15/h2-12,30H,13H2,1H3,(H,26,31). The third kappa shape index (κ3) is 4.59. The van der Waals surface area contributed by atoms with Gasteiger partial charge in [0.15, 0.2) is 5.69 Å². The number of aromatic hydroxyl groups is 1. The van der Waals surface area contributed by atoms with E-state index in [1.165, 1.54) is 24.3 Å². The molecule has 1 heterocycles. The Labute approximate surface area is 182 Å². The van der Waals surface area contributed by atoms with Crippen LogP contribution in [-0.4, -0.2) is 14.8 Å². The molecule has 2 N–H and O–H groups in total. The lowest BCUT2D eigenvalue weighted by molar-refractivity contribution is 0.429. The van der Waals surface area contributed by atoms with E-state index in [1.54, 1.807) is 22.8 Å². The molecule has 5 nitrogen and oxygen atoms in total. The van der Waals surface area contributed by atoms with Crippen LogP contribution < -0.4 is 5.32 Å². The van der Waals surface area contributed by atoms with E-state index in [0.29, 0.717) is 10.9 Å². The van der Waals surface area contributed by atoms with Gasteiger partial charge >= 0.3 is 0 Å². The molecule has 0 saturated heterocycles. The number of rotatable bonds is 4. The second kappa shape index (κ2) is 8.61. The number of hydrogen-bond donors (Lipinski definition) is 2. The van der Waals surface area contributed by atoms with Gasteiger partial charge in [0.1, 0.15) is 11.6 Å². The van der Waals surface area contributed by atoms with Crippen LogP contribution in [0.4, 0.5) is 20.2 Å². The lowest BCUT2D eigenvalue weighted by Gasteiger charge is -2.07. The number of aromatic nitrogens is 1. The number of nitrogens with one attached hydrogen (secondary N) is 1. The zero-order chi connectivity index (χ0) is 22.0. The van der Waals surface area contributed by atoms with Crippen molar-refractivity contribution in [3.63, 3.8) is 0 Å². The Morgan fingerprint density at radius 2 is 1.68 bits per heavy atom. The number of fused-ring (bicyclic) bond motifs is 1. The number of halogens is 2. The Bertz CT molecular complexity index is 1280. The summed E-state index contributed by atoms with van der Waals surface area (Å²) in [6, 6.07) is 17.6. The van der Waals surface area contributed by atoms with Gasteiger partial charge in [0, 0.05) is 11.1 Å². The molecule has 4 aromatic rings. The Morgan fingerprint density at radius 3 is 2.39 bits per heavy atom. The third-order valence-electron chi connectivity index (χ3n) is 4.77. The minimum atomic E-state index is -0.469. The molecular weight excluding hydrogens is 418 g/mol. The Kier molecular flexibility index (Phi) is 5.73. The van der Waals surface area contributed by atoms with Crippen LogP contribution in [0.25, 0.3) is 10.9 Å². The lowest BCUT2D eigenvalue weighted by Crippen LogP contribution is -2.04. The van der Waals surface area contributed by atoms with Crippen molar-refractivity contribution in [2.75, 3.05) is 5.32 Å². The summed E-state index contributed by atoms with van der Waals surface area (Å²) in [6.07, 6.45) is 0. The molecule has 0 unspecified atom stereocenters. The molecule has 156 valence electrons. The quantitative estimate of drug-likeness (QED) is 0.285. The van der Waals surface area contributed by atoms with Crippen LogP contribution in [0.3, 0.4) is 0 Å². The number of hydrogen-bond acceptors (Lipinski definition) is 3. The molecule has 0 saturated carbocycles. The van der Waals surface area contributed by atoms with Crippen LogP contribution >= 0.6 is 12.2 Å². The number of thiocarbonyl (C=S) groups is 1. The molecule has 0 radical (unpaired) electrons. The van der Waals surface area contributed by atoms with Crippen LogP contribution in [0.15, 0.2) is 77.0 Å². The van der Waals surface area contributed by atoms with Crippen LogP contribution in [0.1, 0.15) is 11.1 Å². The van der Waals surface area contributed by atoms with E-state index >= 15 is 0 Å². The van der Waals surface area contributed by atoms with E-state index in [4.69, 9.17) is 12.2 Å². The highest BCUT2D eigenvalue weighted by atomic mass is 32.1. The fourth-order valence-corrected chi connectivity index (χ4v) is 3.37. The molecule has 0 aliphatic carbocycles. The molecule has 0 fully saturated rings. The van der Waals surface area contributed by atoms with E-state index in [-0.39, 0.29) is 29.0 Å². The molecule has 0 spiro atoms. The van der Waals surface area contributed by atoms with E-state index in [2.05, 4.69) is 15.5 Å². The number of azo groups is 1. The normalized spacial score (nSPS) is 11.3. The highest BCUT2D eigenvalue weighted by Gasteiger charge is 2.18. The van der Waals surface area contributed by atoms with Gasteiger partial charge in [-0.2, -0.15) is 0 Å². The summed E-state index contributed by atoms with van der Waals surface area (Å²) >= 11 is 5.21. The first kappa shape index (κ1) is 20.6. The van der Waals surface area contributed by atoms with Crippen molar-refractivity contribution in [3.05, 3.63) is 89.5 Å². The van der Waals surface area contributed by atoms with Crippen molar-refractivity contribution >= 4 is 39.6 Å². The largest absolute Gasteiger partial charge is 0.493 e. The molecule has 0 aliphatic rings. The van der Waals surface area contributed by atoms with E-state index in [0.717, 1.165) is 16.8 Å². The van der Waals surface area contributed by atoms with E-state index in [9.17, 15) is 13.9 Å². The molecule has 0 aliphatic heterocycles. The molecule has 0 atom stereocenters. The highest BCUT2D eigenvalue weighted by molar-refractivity contribution is 7.80. The summed E-state index contributed by atoms with van der Waals surface area (Å²) < 4.78 is 28.7. The topological polar surface area (TPSA) is 61.9 Å². The minimum Gasteiger partial charge on any atom is -0.493 e. The molecule has 4 rings (SSSR count). The van der Waals surface area contributed by atoms with Crippen molar-refractivity contribution in [2.24, 2.45) is 10.2 Å².